The fraction of sp³-hybridized carbons (Fsp3) is 0.455. The highest BCUT2D eigenvalue weighted by Gasteiger charge is 2.45. The summed E-state index contributed by atoms with van der Waals surface area (Å²) in [4.78, 5) is 64.3. The predicted octanol–water partition coefficient (Wildman–Crippen LogP) is 5.46. The molecule has 1 saturated heterocycles. The van der Waals surface area contributed by atoms with E-state index in [2.05, 4.69) is 34.9 Å². The van der Waals surface area contributed by atoms with Gasteiger partial charge in [0.1, 0.15) is 12.1 Å². The number of aliphatic imine (C=N–C) groups is 2. The summed E-state index contributed by atoms with van der Waals surface area (Å²) in [5.74, 6) is -0.995. The Kier molecular flexibility index (Phi) is 13.4. The first-order chi connectivity index (χ1) is 28.5. The Hall–Kier alpha value is -5.61. The molecule has 2 N–H and O–H groups in total. The zero-order valence-corrected chi connectivity index (χ0v) is 36.2. The Balaban J connectivity index is 1.09. The monoisotopic (exact) mass is 841 g/mol. The third kappa shape index (κ3) is 9.24. The third-order valence-electron chi connectivity index (χ3n) is 11.4. The van der Waals surface area contributed by atoms with Gasteiger partial charge in [0.25, 0.3) is 0 Å². The molecule has 60 heavy (non-hydrogen) atoms. The predicted molar refractivity (Wildman–Crippen MR) is 231 cm³/mol. The maximum absolute atomic E-state index is 14.0. The molecule has 6 rings (SSSR count). The standard InChI is InChI=1S/C44H55N7O8S/c1-26(2)39(47-43(54)58-7)41(52)50-19-9-10-37(50)35-20-33(22-45-35)31-15-11-29(12-16-31)30-13-17-32(18-14-30)34-21-36(46-23-34)38-24-49(60(56,57)28(5)6)25-51(38)42(53)40(27(3)4)48-44(55)59-8/h9-18,22-23,26-28,37-40H,19-21,24-25H2,1-8H3,(H,47,54)(H,48,55)/t37-,38-,39-,40-/m0/s1. The van der Waals surface area contributed by atoms with Gasteiger partial charge in [0.2, 0.25) is 21.8 Å². The molecule has 4 aliphatic rings. The lowest BCUT2D eigenvalue weighted by molar-refractivity contribution is -0.135. The number of rotatable bonds is 13. The summed E-state index contributed by atoms with van der Waals surface area (Å²) < 4.78 is 37.4. The molecule has 4 heterocycles. The quantitative estimate of drug-likeness (QED) is 0.250. The van der Waals surface area contributed by atoms with Crippen molar-refractivity contribution < 1.29 is 37.1 Å². The van der Waals surface area contributed by atoms with Crippen molar-refractivity contribution in [2.75, 3.05) is 34.0 Å². The smallest absolute Gasteiger partial charge is 0.407 e. The second-order valence-electron chi connectivity index (χ2n) is 16.3. The van der Waals surface area contributed by atoms with Crippen molar-refractivity contribution in [1.82, 2.24) is 24.7 Å². The number of hydrogen-bond donors (Lipinski definition) is 2. The van der Waals surface area contributed by atoms with Crippen molar-refractivity contribution >= 4 is 56.6 Å². The fourth-order valence-electron chi connectivity index (χ4n) is 7.79. The Labute approximate surface area is 352 Å². The van der Waals surface area contributed by atoms with Crippen molar-refractivity contribution in [1.29, 1.82) is 0 Å². The lowest BCUT2D eigenvalue weighted by Gasteiger charge is -2.31. The molecule has 4 amide bonds. The second kappa shape index (κ2) is 18.3. The fourth-order valence-corrected chi connectivity index (χ4v) is 9.02. The average molecular weight is 842 g/mol. The van der Waals surface area contributed by atoms with Crippen LogP contribution in [0.1, 0.15) is 65.5 Å². The molecule has 0 bridgehead atoms. The Bertz CT molecular complexity index is 2240. The van der Waals surface area contributed by atoms with Crippen LogP contribution in [0.5, 0.6) is 0 Å². The van der Waals surface area contributed by atoms with E-state index < -0.39 is 51.5 Å². The van der Waals surface area contributed by atoms with E-state index in [0.29, 0.717) is 25.1 Å². The lowest BCUT2D eigenvalue weighted by atomic mass is 9.95. The van der Waals surface area contributed by atoms with Crippen molar-refractivity contribution in [2.45, 2.75) is 83.8 Å². The number of alkyl carbamates (subject to hydrolysis) is 2. The molecule has 320 valence electrons. The molecule has 4 atom stereocenters. The molecular formula is C44H55N7O8S. The van der Waals surface area contributed by atoms with E-state index in [1.54, 1.807) is 38.8 Å². The topological polar surface area (TPSA) is 179 Å². The minimum Gasteiger partial charge on any atom is -0.453 e. The summed E-state index contributed by atoms with van der Waals surface area (Å²) in [7, 11) is -1.18. The van der Waals surface area contributed by atoms with Gasteiger partial charge in [-0.15, -0.1) is 0 Å². The molecule has 0 unspecified atom stereocenters. The average Bonchev–Trinajstić information content (AvgIpc) is 4.07. The van der Waals surface area contributed by atoms with Crippen LogP contribution in [0.15, 0.2) is 83.1 Å². The van der Waals surface area contributed by atoms with Crippen LogP contribution in [0.25, 0.3) is 22.3 Å². The van der Waals surface area contributed by atoms with Crippen LogP contribution in [0.4, 0.5) is 9.59 Å². The van der Waals surface area contributed by atoms with Crippen LogP contribution in [0.3, 0.4) is 0 Å². The van der Waals surface area contributed by atoms with Crippen LogP contribution in [0.2, 0.25) is 0 Å². The third-order valence-corrected chi connectivity index (χ3v) is 13.6. The van der Waals surface area contributed by atoms with Crippen LogP contribution in [0, 0.1) is 11.8 Å². The second-order valence-corrected chi connectivity index (χ2v) is 18.8. The summed E-state index contributed by atoms with van der Waals surface area (Å²) in [6, 6.07) is 13.9. The van der Waals surface area contributed by atoms with Crippen LogP contribution >= 0.6 is 0 Å². The molecule has 2 aromatic carbocycles. The highest BCUT2D eigenvalue weighted by atomic mass is 32.2. The molecular weight excluding hydrogens is 787 g/mol. The molecule has 0 aromatic heterocycles. The number of ether oxygens (including phenoxy) is 2. The minimum atomic E-state index is -3.69. The van der Waals surface area contributed by atoms with Gasteiger partial charge < -0.3 is 29.9 Å². The maximum Gasteiger partial charge on any atom is 0.407 e. The molecule has 0 radical (unpaired) electrons. The Morgan fingerprint density at radius 2 is 1.13 bits per heavy atom. The summed E-state index contributed by atoms with van der Waals surface area (Å²) in [6.07, 6.45) is 7.20. The van der Waals surface area contributed by atoms with Gasteiger partial charge in [-0.3, -0.25) is 19.6 Å². The molecule has 0 saturated carbocycles. The van der Waals surface area contributed by atoms with Gasteiger partial charge in [-0.1, -0.05) is 88.4 Å². The summed E-state index contributed by atoms with van der Waals surface area (Å²) in [5.41, 5.74) is 7.56. The Morgan fingerprint density at radius 1 is 0.683 bits per heavy atom. The van der Waals surface area contributed by atoms with Gasteiger partial charge in [0, 0.05) is 49.8 Å². The minimum absolute atomic E-state index is 0.0686. The van der Waals surface area contributed by atoms with E-state index in [1.807, 2.05) is 56.5 Å². The molecule has 15 nitrogen and oxygen atoms in total. The van der Waals surface area contributed by atoms with Crippen LogP contribution < -0.4 is 10.6 Å². The van der Waals surface area contributed by atoms with E-state index in [4.69, 9.17) is 19.5 Å². The van der Waals surface area contributed by atoms with Crippen molar-refractivity contribution in [2.24, 2.45) is 21.8 Å². The maximum atomic E-state index is 14.0. The first kappa shape index (κ1) is 44.0. The number of nitrogens with one attached hydrogen (secondary N) is 2. The molecule has 1 fully saturated rings. The van der Waals surface area contributed by atoms with Crippen molar-refractivity contribution in [3.8, 4) is 11.1 Å². The number of allylic oxidation sites excluding steroid dienone is 2. The number of nitrogens with zero attached hydrogens (tertiary/aromatic N) is 5. The molecule has 2 aromatic rings. The van der Waals surface area contributed by atoms with Crippen LogP contribution in [-0.2, 0) is 29.1 Å². The Morgan fingerprint density at radius 3 is 1.60 bits per heavy atom. The number of carbonyl (C=O) groups is 4. The molecule has 4 aliphatic heterocycles. The van der Waals surface area contributed by atoms with E-state index >= 15 is 0 Å². The number of amides is 4. The van der Waals surface area contributed by atoms with Gasteiger partial charge >= 0.3 is 12.2 Å². The van der Waals surface area contributed by atoms with Gasteiger partial charge in [0.05, 0.1) is 38.2 Å². The summed E-state index contributed by atoms with van der Waals surface area (Å²) >= 11 is 0. The normalized spacial score (nSPS) is 20.2. The summed E-state index contributed by atoms with van der Waals surface area (Å²) in [5, 5.41) is 4.62. The van der Waals surface area contributed by atoms with Gasteiger partial charge in [-0.25, -0.2) is 18.0 Å². The van der Waals surface area contributed by atoms with Gasteiger partial charge in [-0.2, -0.15) is 4.31 Å². The number of hydrogen-bond acceptors (Lipinski definition) is 10. The van der Waals surface area contributed by atoms with E-state index in [1.165, 1.54) is 23.4 Å². The SMILES string of the molecule is COC(=O)N[C@H](C(=O)N1CC=C[C@H]1C1=NC=C(c2ccc(-c3ccc(C4=CN=C([C@@H]5CN(S(=O)(=O)C(C)C)CN5C(=O)[C@@H](NC(=O)OC)C(C)C)C4)cc3)cc2)C1)C(C)C. The molecule has 0 spiro atoms. The number of methoxy groups -OCH3 is 2. The highest BCUT2D eigenvalue weighted by Crippen LogP contribution is 2.33. The zero-order valence-electron chi connectivity index (χ0n) is 35.4. The van der Waals surface area contributed by atoms with E-state index in [9.17, 15) is 27.6 Å². The molecule has 16 heteroatoms. The molecule has 0 aliphatic carbocycles. The first-order valence-corrected chi connectivity index (χ1v) is 21.7. The van der Waals surface area contributed by atoms with E-state index in [-0.39, 0.29) is 37.0 Å². The van der Waals surface area contributed by atoms with Gasteiger partial charge in [0.15, 0.2) is 0 Å². The number of sulfonamides is 1. The van der Waals surface area contributed by atoms with E-state index in [0.717, 1.165) is 39.1 Å². The zero-order chi connectivity index (χ0) is 43.5. The van der Waals surface area contributed by atoms with Crippen molar-refractivity contribution in [3.05, 3.63) is 84.2 Å². The largest absolute Gasteiger partial charge is 0.453 e. The van der Waals surface area contributed by atoms with Gasteiger partial charge in [-0.05, 0) is 59.1 Å². The number of carbonyl (C=O) groups excluding carboxylic acids is 4. The first-order valence-electron chi connectivity index (χ1n) is 20.2. The number of benzene rings is 2. The highest BCUT2D eigenvalue weighted by molar-refractivity contribution is 7.89. The lowest BCUT2D eigenvalue weighted by Crippen LogP contribution is -2.54. The summed E-state index contributed by atoms with van der Waals surface area (Å²) in [6.45, 7) is 11.0. The van der Waals surface area contributed by atoms with Crippen LogP contribution in [-0.4, -0.2) is 121 Å². The van der Waals surface area contributed by atoms with Crippen molar-refractivity contribution in [3.63, 3.8) is 0 Å².